The van der Waals surface area contributed by atoms with E-state index in [9.17, 15) is 9.59 Å². The topological polar surface area (TPSA) is 40.6 Å². The van der Waals surface area contributed by atoms with E-state index >= 15 is 0 Å². The van der Waals surface area contributed by atoms with E-state index in [1.807, 2.05) is 40.6 Å². The van der Waals surface area contributed by atoms with Gasteiger partial charge in [0.25, 0.3) is 0 Å². The standard InChI is InChI=1S/C18H19ClN2O2S/c19-14-4-1-2-5-15(14)20-9-11-21(12-10-20)18(23)8-7-16(22)17-6-3-13-24-17/h1-6,13H,7-12H2. The van der Waals surface area contributed by atoms with Gasteiger partial charge < -0.3 is 9.80 Å². The zero-order valence-corrected chi connectivity index (χ0v) is 14.9. The van der Waals surface area contributed by atoms with Crippen LogP contribution in [-0.2, 0) is 4.79 Å². The van der Waals surface area contributed by atoms with Crippen molar-refractivity contribution in [3.8, 4) is 0 Å². The fourth-order valence-electron chi connectivity index (χ4n) is 2.84. The molecule has 3 rings (SSSR count). The first-order valence-electron chi connectivity index (χ1n) is 7.99. The van der Waals surface area contributed by atoms with Crippen LogP contribution in [0.1, 0.15) is 22.5 Å². The van der Waals surface area contributed by atoms with Gasteiger partial charge in [0, 0.05) is 39.0 Å². The quantitative estimate of drug-likeness (QED) is 0.761. The number of carbonyl (C=O) groups is 2. The predicted octanol–water partition coefficient (Wildman–Crippen LogP) is 3.71. The fraction of sp³-hybridized carbons (Fsp3) is 0.333. The maximum Gasteiger partial charge on any atom is 0.223 e. The second-order valence-electron chi connectivity index (χ2n) is 5.72. The van der Waals surface area contributed by atoms with E-state index in [-0.39, 0.29) is 24.5 Å². The Morgan fingerprint density at radius 3 is 2.42 bits per heavy atom. The minimum absolute atomic E-state index is 0.0491. The number of rotatable bonds is 5. The van der Waals surface area contributed by atoms with Gasteiger partial charge in [-0.3, -0.25) is 9.59 Å². The number of halogens is 1. The number of piperazine rings is 1. The van der Waals surface area contributed by atoms with Crippen LogP contribution >= 0.6 is 22.9 Å². The lowest BCUT2D eigenvalue weighted by Crippen LogP contribution is -2.48. The molecule has 24 heavy (non-hydrogen) atoms. The van der Waals surface area contributed by atoms with Crippen molar-refractivity contribution < 1.29 is 9.59 Å². The van der Waals surface area contributed by atoms with Gasteiger partial charge in [0.05, 0.1) is 15.6 Å². The Morgan fingerprint density at radius 1 is 1.00 bits per heavy atom. The van der Waals surface area contributed by atoms with Gasteiger partial charge in [-0.2, -0.15) is 0 Å². The minimum atomic E-state index is 0.0491. The fourth-order valence-corrected chi connectivity index (χ4v) is 3.79. The average Bonchev–Trinajstić information content (AvgIpc) is 3.15. The molecule has 0 N–H and O–H groups in total. The molecule has 2 aromatic rings. The molecule has 0 spiro atoms. The first-order chi connectivity index (χ1) is 11.6. The number of anilines is 1. The summed E-state index contributed by atoms with van der Waals surface area (Å²) in [6.45, 7) is 2.84. The normalized spacial score (nSPS) is 14.7. The molecule has 0 unspecified atom stereocenters. The maximum atomic E-state index is 12.3. The van der Waals surface area contributed by atoms with Crippen LogP contribution in [0.15, 0.2) is 41.8 Å². The summed E-state index contributed by atoms with van der Waals surface area (Å²) >= 11 is 7.66. The number of hydrogen-bond acceptors (Lipinski definition) is 4. The highest BCUT2D eigenvalue weighted by molar-refractivity contribution is 7.12. The lowest BCUT2D eigenvalue weighted by atomic mass is 10.1. The second-order valence-corrected chi connectivity index (χ2v) is 7.07. The summed E-state index contributed by atoms with van der Waals surface area (Å²) < 4.78 is 0. The lowest BCUT2D eigenvalue weighted by Gasteiger charge is -2.36. The predicted molar refractivity (Wildman–Crippen MR) is 98.1 cm³/mol. The van der Waals surface area contributed by atoms with Crippen LogP contribution in [-0.4, -0.2) is 42.8 Å². The van der Waals surface area contributed by atoms with Crippen LogP contribution in [0.2, 0.25) is 5.02 Å². The number of ketones is 1. The molecular weight excluding hydrogens is 344 g/mol. The van der Waals surface area contributed by atoms with Crippen molar-refractivity contribution in [2.45, 2.75) is 12.8 Å². The maximum absolute atomic E-state index is 12.3. The number of carbonyl (C=O) groups excluding carboxylic acids is 2. The van der Waals surface area contributed by atoms with E-state index in [1.54, 1.807) is 6.07 Å². The number of thiophene rings is 1. The third-order valence-electron chi connectivity index (χ3n) is 4.19. The highest BCUT2D eigenvalue weighted by Gasteiger charge is 2.22. The Bertz CT molecular complexity index is 710. The number of benzene rings is 1. The summed E-state index contributed by atoms with van der Waals surface area (Å²) in [6.07, 6.45) is 0.562. The molecule has 0 bridgehead atoms. The first-order valence-corrected chi connectivity index (χ1v) is 9.25. The number of para-hydroxylation sites is 1. The molecular formula is C18H19ClN2O2S. The average molecular weight is 363 g/mol. The van der Waals surface area contributed by atoms with Crippen LogP contribution in [0.3, 0.4) is 0 Å². The number of hydrogen-bond donors (Lipinski definition) is 0. The third-order valence-corrected chi connectivity index (χ3v) is 5.42. The lowest BCUT2D eigenvalue weighted by molar-refractivity contribution is -0.131. The van der Waals surface area contributed by atoms with E-state index in [2.05, 4.69) is 4.90 Å². The van der Waals surface area contributed by atoms with Crippen LogP contribution < -0.4 is 4.90 Å². The summed E-state index contributed by atoms with van der Waals surface area (Å²) in [5.41, 5.74) is 1.01. The van der Waals surface area contributed by atoms with Gasteiger partial charge in [-0.25, -0.2) is 0 Å². The van der Waals surface area contributed by atoms with E-state index in [4.69, 9.17) is 11.6 Å². The number of Topliss-reactive ketones (excluding diaryl/α,β-unsaturated/α-hetero) is 1. The zero-order valence-electron chi connectivity index (χ0n) is 13.3. The molecule has 126 valence electrons. The summed E-state index contributed by atoms with van der Waals surface area (Å²) in [7, 11) is 0. The van der Waals surface area contributed by atoms with Crippen molar-refractivity contribution in [3.63, 3.8) is 0 Å². The van der Waals surface area contributed by atoms with E-state index in [0.717, 1.165) is 28.7 Å². The first kappa shape index (κ1) is 17.0. The summed E-state index contributed by atoms with van der Waals surface area (Å²) in [5, 5.41) is 2.61. The highest BCUT2D eigenvalue weighted by atomic mass is 35.5. The van der Waals surface area contributed by atoms with Gasteiger partial charge in [0.2, 0.25) is 5.91 Å². The summed E-state index contributed by atoms with van der Waals surface area (Å²) in [4.78, 5) is 29.1. The number of nitrogens with zero attached hydrogens (tertiary/aromatic N) is 2. The van der Waals surface area contributed by atoms with Gasteiger partial charge in [-0.1, -0.05) is 29.8 Å². The SMILES string of the molecule is O=C(CCC(=O)N1CCN(c2ccccc2Cl)CC1)c1cccs1. The van der Waals surface area contributed by atoms with Crippen LogP contribution in [0.5, 0.6) is 0 Å². The molecule has 1 aliphatic heterocycles. The van der Waals surface area contributed by atoms with Gasteiger partial charge in [-0.15, -0.1) is 11.3 Å². The summed E-state index contributed by atoms with van der Waals surface area (Å²) in [5.74, 6) is 0.103. The molecule has 1 aromatic carbocycles. The second kappa shape index (κ2) is 7.81. The molecule has 0 radical (unpaired) electrons. The Kier molecular flexibility index (Phi) is 5.53. The highest BCUT2D eigenvalue weighted by Crippen LogP contribution is 2.26. The summed E-state index contributed by atoms with van der Waals surface area (Å²) in [6, 6.07) is 11.4. The smallest absolute Gasteiger partial charge is 0.223 e. The van der Waals surface area contributed by atoms with Crippen molar-refractivity contribution >= 4 is 40.3 Å². The van der Waals surface area contributed by atoms with Crippen molar-refractivity contribution in [1.82, 2.24) is 4.90 Å². The van der Waals surface area contributed by atoms with Crippen molar-refractivity contribution in [2.24, 2.45) is 0 Å². The van der Waals surface area contributed by atoms with Gasteiger partial charge in [0.15, 0.2) is 5.78 Å². The Balaban J connectivity index is 1.48. The Labute approximate surface area is 150 Å². The molecule has 0 atom stereocenters. The molecule has 1 aliphatic rings. The third kappa shape index (κ3) is 3.97. The Morgan fingerprint density at radius 2 is 1.75 bits per heavy atom. The molecule has 2 heterocycles. The van der Waals surface area contributed by atoms with Crippen molar-refractivity contribution in [2.75, 3.05) is 31.1 Å². The molecule has 0 aliphatic carbocycles. The van der Waals surface area contributed by atoms with Crippen LogP contribution in [0.25, 0.3) is 0 Å². The largest absolute Gasteiger partial charge is 0.367 e. The van der Waals surface area contributed by atoms with Crippen molar-refractivity contribution in [3.05, 3.63) is 51.7 Å². The van der Waals surface area contributed by atoms with E-state index in [1.165, 1.54) is 11.3 Å². The molecule has 1 aromatic heterocycles. The van der Waals surface area contributed by atoms with Gasteiger partial charge in [-0.05, 0) is 23.6 Å². The molecule has 0 saturated carbocycles. The molecule has 4 nitrogen and oxygen atoms in total. The molecule has 1 saturated heterocycles. The monoisotopic (exact) mass is 362 g/mol. The van der Waals surface area contributed by atoms with Gasteiger partial charge >= 0.3 is 0 Å². The Hall–Kier alpha value is -1.85. The molecule has 1 fully saturated rings. The van der Waals surface area contributed by atoms with E-state index in [0.29, 0.717) is 13.1 Å². The molecule has 1 amide bonds. The van der Waals surface area contributed by atoms with Crippen LogP contribution in [0.4, 0.5) is 5.69 Å². The van der Waals surface area contributed by atoms with Crippen molar-refractivity contribution in [1.29, 1.82) is 0 Å². The minimum Gasteiger partial charge on any atom is -0.367 e. The van der Waals surface area contributed by atoms with Crippen LogP contribution in [0, 0.1) is 0 Å². The van der Waals surface area contributed by atoms with E-state index < -0.39 is 0 Å². The number of amides is 1. The van der Waals surface area contributed by atoms with Gasteiger partial charge in [0.1, 0.15) is 0 Å². The molecule has 6 heteroatoms. The zero-order chi connectivity index (χ0) is 16.9.